The van der Waals surface area contributed by atoms with E-state index in [4.69, 9.17) is 19.3 Å². The predicted octanol–water partition coefficient (Wildman–Crippen LogP) is 3.42. The third kappa shape index (κ3) is 4.55. The number of hydrogen-bond acceptors (Lipinski definition) is 6. The molecule has 0 saturated carbocycles. The van der Waals surface area contributed by atoms with Crippen molar-refractivity contribution < 1.29 is 19.0 Å². The van der Waals surface area contributed by atoms with Crippen LogP contribution in [0.3, 0.4) is 0 Å². The zero-order valence-corrected chi connectivity index (χ0v) is 19.6. The van der Waals surface area contributed by atoms with Crippen molar-refractivity contribution in [2.24, 2.45) is 13.0 Å². The van der Waals surface area contributed by atoms with E-state index in [1.54, 1.807) is 14.2 Å². The number of rotatable bonds is 7. The van der Waals surface area contributed by atoms with Crippen molar-refractivity contribution in [3.63, 3.8) is 0 Å². The highest BCUT2D eigenvalue weighted by molar-refractivity contribution is 5.67. The summed E-state index contributed by atoms with van der Waals surface area (Å²) in [6.07, 6.45) is 1.87. The summed E-state index contributed by atoms with van der Waals surface area (Å²) in [7, 11) is 5.30. The number of alkyl carbamates (subject to hydrolysis) is 1. The van der Waals surface area contributed by atoms with Gasteiger partial charge in [0.05, 0.1) is 19.9 Å². The van der Waals surface area contributed by atoms with Crippen LogP contribution in [0, 0.1) is 5.92 Å². The molecule has 3 saturated heterocycles. The smallest absolute Gasteiger partial charge is 0.407 e. The van der Waals surface area contributed by atoms with Gasteiger partial charge in [-0.15, -0.1) is 0 Å². The first-order chi connectivity index (χ1) is 15.4. The maximum Gasteiger partial charge on any atom is 0.407 e. The molecule has 8 heteroatoms. The summed E-state index contributed by atoms with van der Waals surface area (Å²) >= 11 is 0. The molecule has 2 bridgehead atoms. The molecule has 1 amide bonds. The SMILES string of the molecule is COc1ccc(-c2cc(C3CN4CCC3CC4COC(=O)NC(C)C)n(C)n2)cc1OC. The number of carbonyl (C=O) groups excluding carboxylic acids is 1. The maximum atomic E-state index is 11.9. The van der Waals surface area contributed by atoms with E-state index in [-0.39, 0.29) is 12.1 Å². The Morgan fingerprint density at radius 1 is 1.22 bits per heavy atom. The molecular weight excluding hydrogens is 408 g/mol. The Labute approximate surface area is 189 Å². The minimum Gasteiger partial charge on any atom is -0.493 e. The Hall–Kier alpha value is -2.74. The fourth-order valence-electron chi connectivity index (χ4n) is 5.06. The van der Waals surface area contributed by atoms with E-state index in [0.29, 0.717) is 36.0 Å². The highest BCUT2D eigenvalue weighted by atomic mass is 16.5. The van der Waals surface area contributed by atoms with E-state index in [1.165, 1.54) is 5.69 Å². The monoisotopic (exact) mass is 442 g/mol. The highest BCUT2D eigenvalue weighted by Gasteiger charge is 2.42. The molecule has 3 aliphatic rings. The van der Waals surface area contributed by atoms with Gasteiger partial charge in [0.25, 0.3) is 0 Å². The van der Waals surface area contributed by atoms with Crippen LogP contribution in [0.25, 0.3) is 11.3 Å². The number of nitrogens with zero attached hydrogens (tertiary/aromatic N) is 3. The molecule has 4 unspecified atom stereocenters. The van der Waals surface area contributed by atoms with Gasteiger partial charge in [0.1, 0.15) is 6.61 Å². The van der Waals surface area contributed by atoms with Gasteiger partial charge in [0.15, 0.2) is 11.5 Å². The second kappa shape index (κ2) is 9.40. The number of aryl methyl sites for hydroxylation is 1. The van der Waals surface area contributed by atoms with Crippen LogP contribution in [0.15, 0.2) is 24.3 Å². The number of carbonyl (C=O) groups is 1. The third-order valence-corrected chi connectivity index (χ3v) is 6.67. The molecule has 1 aromatic heterocycles. The lowest BCUT2D eigenvalue weighted by atomic mass is 9.74. The van der Waals surface area contributed by atoms with Crippen LogP contribution >= 0.6 is 0 Å². The summed E-state index contributed by atoms with van der Waals surface area (Å²) in [5, 5.41) is 7.59. The van der Waals surface area contributed by atoms with Crippen LogP contribution in [0.4, 0.5) is 4.79 Å². The number of methoxy groups -OCH3 is 2. The number of benzene rings is 1. The number of hydrogen-bond donors (Lipinski definition) is 1. The summed E-state index contributed by atoms with van der Waals surface area (Å²) in [5.41, 5.74) is 3.19. The first kappa shape index (κ1) is 22.5. The number of nitrogens with one attached hydrogen (secondary N) is 1. The second-order valence-corrected chi connectivity index (χ2v) is 9.09. The van der Waals surface area contributed by atoms with E-state index >= 15 is 0 Å². The molecular formula is C24H34N4O4. The zero-order valence-electron chi connectivity index (χ0n) is 19.6. The second-order valence-electron chi connectivity index (χ2n) is 9.09. The summed E-state index contributed by atoms with van der Waals surface area (Å²) in [6.45, 7) is 6.34. The molecule has 2 aromatic rings. The topological polar surface area (TPSA) is 77.9 Å². The van der Waals surface area contributed by atoms with Gasteiger partial charge in [0.2, 0.25) is 0 Å². The molecule has 3 aliphatic heterocycles. The fraction of sp³-hybridized carbons (Fsp3) is 0.583. The third-order valence-electron chi connectivity index (χ3n) is 6.67. The Balaban J connectivity index is 1.46. The van der Waals surface area contributed by atoms with Gasteiger partial charge in [0, 0.05) is 42.9 Å². The molecule has 1 aromatic carbocycles. The average Bonchev–Trinajstić information content (AvgIpc) is 3.18. The van der Waals surface area contributed by atoms with E-state index in [1.807, 2.05) is 43.8 Å². The molecule has 5 rings (SSSR count). The lowest BCUT2D eigenvalue weighted by Crippen LogP contribution is -2.54. The molecule has 0 radical (unpaired) electrons. The van der Waals surface area contributed by atoms with Gasteiger partial charge in [-0.1, -0.05) is 0 Å². The van der Waals surface area contributed by atoms with Gasteiger partial charge in [-0.2, -0.15) is 5.10 Å². The Morgan fingerprint density at radius 3 is 2.66 bits per heavy atom. The van der Waals surface area contributed by atoms with Gasteiger partial charge in [-0.05, 0) is 63.4 Å². The molecule has 1 N–H and O–H groups in total. The lowest BCUT2D eigenvalue weighted by molar-refractivity contribution is -0.00441. The Morgan fingerprint density at radius 2 is 2.00 bits per heavy atom. The van der Waals surface area contributed by atoms with Crippen molar-refractivity contribution in [1.82, 2.24) is 20.0 Å². The van der Waals surface area contributed by atoms with E-state index in [9.17, 15) is 4.79 Å². The van der Waals surface area contributed by atoms with Crippen molar-refractivity contribution in [2.75, 3.05) is 33.9 Å². The van der Waals surface area contributed by atoms with Gasteiger partial charge < -0.3 is 19.5 Å². The van der Waals surface area contributed by atoms with Crippen LogP contribution in [0.5, 0.6) is 11.5 Å². The van der Waals surface area contributed by atoms with Gasteiger partial charge >= 0.3 is 6.09 Å². The first-order valence-corrected chi connectivity index (χ1v) is 11.3. The van der Waals surface area contributed by atoms with Gasteiger partial charge in [-0.3, -0.25) is 9.58 Å². The summed E-state index contributed by atoms with van der Waals surface area (Å²) in [6, 6.07) is 8.48. The molecule has 4 atom stereocenters. The number of ether oxygens (including phenoxy) is 3. The van der Waals surface area contributed by atoms with Crippen LogP contribution in [-0.2, 0) is 11.8 Å². The maximum absolute atomic E-state index is 11.9. The minimum absolute atomic E-state index is 0.0831. The van der Waals surface area contributed by atoms with Crippen molar-refractivity contribution in [1.29, 1.82) is 0 Å². The summed E-state index contributed by atoms with van der Waals surface area (Å²) < 4.78 is 18.3. The Bertz CT molecular complexity index is 957. The van der Waals surface area contributed by atoms with Gasteiger partial charge in [-0.25, -0.2) is 4.79 Å². The fourth-order valence-corrected chi connectivity index (χ4v) is 5.06. The largest absolute Gasteiger partial charge is 0.493 e. The van der Waals surface area contributed by atoms with Crippen molar-refractivity contribution in [3.05, 3.63) is 30.0 Å². The molecule has 32 heavy (non-hydrogen) atoms. The van der Waals surface area contributed by atoms with Crippen LogP contribution in [-0.4, -0.2) is 66.8 Å². The lowest BCUT2D eigenvalue weighted by Gasteiger charge is -2.49. The summed E-state index contributed by atoms with van der Waals surface area (Å²) in [5.74, 6) is 2.40. The van der Waals surface area contributed by atoms with Crippen LogP contribution in [0.2, 0.25) is 0 Å². The number of aromatic nitrogens is 2. The standard InChI is InChI=1S/C24H34N4O4/c1-15(2)25-24(29)32-14-18-10-16-8-9-28(18)13-19(16)21-12-20(26-27(21)3)17-6-7-22(30-4)23(11-17)31-5/h6-7,11-12,15-16,18-19H,8-10,13-14H2,1-5H3,(H,25,29). The quantitative estimate of drug-likeness (QED) is 0.708. The molecule has 0 spiro atoms. The molecule has 0 aliphatic carbocycles. The minimum atomic E-state index is -0.328. The highest BCUT2D eigenvalue weighted by Crippen LogP contribution is 2.43. The van der Waals surface area contributed by atoms with Crippen LogP contribution < -0.4 is 14.8 Å². The van der Waals surface area contributed by atoms with E-state index < -0.39 is 0 Å². The van der Waals surface area contributed by atoms with E-state index in [2.05, 4.69) is 16.3 Å². The summed E-state index contributed by atoms with van der Waals surface area (Å²) in [4.78, 5) is 14.3. The van der Waals surface area contributed by atoms with Crippen molar-refractivity contribution in [2.45, 2.75) is 44.7 Å². The molecule has 4 heterocycles. The first-order valence-electron chi connectivity index (χ1n) is 11.3. The number of piperidine rings is 3. The van der Waals surface area contributed by atoms with Crippen molar-refractivity contribution >= 4 is 6.09 Å². The van der Waals surface area contributed by atoms with Crippen LogP contribution in [0.1, 0.15) is 38.3 Å². The molecule has 174 valence electrons. The molecule has 3 fully saturated rings. The molecule has 8 nitrogen and oxygen atoms in total. The average molecular weight is 443 g/mol. The predicted molar refractivity (Wildman–Crippen MR) is 122 cm³/mol. The van der Waals surface area contributed by atoms with Crippen molar-refractivity contribution in [3.8, 4) is 22.8 Å². The Kier molecular flexibility index (Phi) is 6.60. The number of fused-ring (bicyclic) bond motifs is 3. The van der Waals surface area contributed by atoms with E-state index in [0.717, 1.165) is 37.2 Å². The zero-order chi connectivity index (χ0) is 22.8. The number of amides is 1. The normalized spacial score (nSPS) is 24.4.